The second-order valence-electron chi connectivity index (χ2n) is 5.91. The largest absolute Gasteiger partial charge is 0.328 e. The van der Waals surface area contributed by atoms with Gasteiger partial charge in [-0.25, -0.2) is 4.98 Å². The summed E-state index contributed by atoms with van der Waals surface area (Å²) in [6, 6.07) is 8.65. The molecule has 0 spiro atoms. The molecule has 0 fully saturated rings. The van der Waals surface area contributed by atoms with E-state index in [4.69, 9.17) is 10.8 Å². The average Bonchev–Trinajstić information content (AvgIpc) is 2.83. The molecule has 0 saturated carbocycles. The Morgan fingerprint density at radius 1 is 1.24 bits per heavy atom. The van der Waals surface area contributed by atoms with Gasteiger partial charge in [-0.1, -0.05) is 39.3 Å². The molecule has 21 heavy (non-hydrogen) atoms. The molecule has 1 heterocycles. The second kappa shape index (κ2) is 7.57. The van der Waals surface area contributed by atoms with Gasteiger partial charge in [0.25, 0.3) is 0 Å². The van der Waals surface area contributed by atoms with Gasteiger partial charge in [0.1, 0.15) is 5.82 Å². The molecule has 4 nitrogen and oxygen atoms in total. The number of nitrogens with two attached hydrogens (primary N) is 1. The standard InChI is InChI=1S/C17H28N4/c1-4-8-13(3)15(20-18)12-17-19-14-9-6-7-10-16(14)21(17)11-5-2/h6-7,9-10,13,15,20H,4-5,8,11-12,18H2,1-3H3. The Labute approximate surface area is 127 Å². The van der Waals surface area contributed by atoms with E-state index in [1.807, 2.05) is 6.07 Å². The maximum absolute atomic E-state index is 5.78. The maximum atomic E-state index is 5.78. The number of para-hydroxylation sites is 2. The van der Waals surface area contributed by atoms with E-state index in [0.29, 0.717) is 5.92 Å². The number of aryl methyl sites for hydroxylation is 1. The first-order valence-corrected chi connectivity index (χ1v) is 8.11. The normalized spacial score (nSPS) is 14.5. The molecule has 1 aromatic carbocycles. The smallest absolute Gasteiger partial charge is 0.111 e. The Hall–Kier alpha value is -1.39. The molecular weight excluding hydrogens is 260 g/mol. The monoisotopic (exact) mass is 288 g/mol. The summed E-state index contributed by atoms with van der Waals surface area (Å²) in [5.41, 5.74) is 5.31. The maximum Gasteiger partial charge on any atom is 0.111 e. The fourth-order valence-corrected chi connectivity index (χ4v) is 3.03. The van der Waals surface area contributed by atoms with E-state index in [0.717, 1.165) is 30.7 Å². The summed E-state index contributed by atoms with van der Waals surface area (Å²) < 4.78 is 2.35. The van der Waals surface area contributed by atoms with Crippen LogP contribution in [0.2, 0.25) is 0 Å². The van der Waals surface area contributed by atoms with Crippen molar-refractivity contribution in [3.63, 3.8) is 0 Å². The van der Waals surface area contributed by atoms with Crippen LogP contribution in [0, 0.1) is 5.92 Å². The molecule has 0 aliphatic rings. The number of hydrogen-bond acceptors (Lipinski definition) is 3. The van der Waals surface area contributed by atoms with Gasteiger partial charge in [-0.2, -0.15) is 0 Å². The number of nitrogens with one attached hydrogen (secondary N) is 1. The predicted molar refractivity (Wildman–Crippen MR) is 88.9 cm³/mol. The highest BCUT2D eigenvalue weighted by molar-refractivity contribution is 5.75. The van der Waals surface area contributed by atoms with Crippen LogP contribution in [0.4, 0.5) is 0 Å². The quantitative estimate of drug-likeness (QED) is 0.579. The number of hydrazine groups is 1. The van der Waals surface area contributed by atoms with Gasteiger partial charge in [-0.05, 0) is 30.9 Å². The summed E-state index contributed by atoms with van der Waals surface area (Å²) in [5.74, 6) is 7.48. The van der Waals surface area contributed by atoms with Gasteiger partial charge >= 0.3 is 0 Å². The Morgan fingerprint density at radius 3 is 2.67 bits per heavy atom. The summed E-state index contributed by atoms with van der Waals surface area (Å²) in [7, 11) is 0. The zero-order valence-corrected chi connectivity index (χ0v) is 13.5. The lowest BCUT2D eigenvalue weighted by molar-refractivity contribution is 0.349. The first-order chi connectivity index (χ1) is 10.2. The van der Waals surface area contributed by atoms with Gasteiger partial charge in [-0.3, -0.25) is 11.3 Å². The fraction of sp³-hybridized carbons (Fsp3) is 0.588. The van der Waals surface area contributed by atoms with E-state index in [9.17, 15) is 0 Å². The van der Waals surface area contributed by atoms with Crippen molar-refractivity contribution in [1.82, 2.24) is 15.0 Å². The van der Waals surface area contributed by atoms with Crippen molar-refractivity contribution < 1.29 is 0 Å². The first kappa shape index (κ1) is 16.0. The van der Waals surface area contributed by atoms with Gasteiger partial charge in [0.2, 0.25) is 0 Å². The highest BCUT2D eigenvalue weighted by Gasteiger charge is 2.19. The molecule has 3 N–H and O–H groups in total. The number of nitrogens with zero attached hydrogens (tertiary/aromatic N) is 2. The molecule has 1 aromatic heterocycles. The number of fused-ring (bicyclic) bond motifs is 1. The van der Waals surface area contributed by atoms with E-state index in [1.54, 1.807) is 0 Å². The first-order valence-electron chi connectivity index (χ1n) is 8.11. The van der Waals surface area contributed by atoms with E-state index in [1.165, 1.54) is 18.4 Å². The van der Waals surface area contributed by atoms with Crippen molar-refractivity contribution >= 4 is 11.0 Å². The minimum absolute atomic E-state index is 0.275. The van der Waals surface area contributed by atoms with Gasteiger partial charge in [0, 0.05) is 19.0 Å². The molecule has 2 aromatic rings. The van der Waals surface area contributed by atoms with Crippen molar-refractivity contribution in [1.29, 1.82) is 0 Å². The predicted octanol–water partition coefficient (Wildman–Crippen LogP) is 3.26. The van der Waals surface area contributed by atoms with E-state index in [2.05, 4.69) is 49.0 Å². The molecule has 2 unspecified atom stereocenters. The van der Waals surface area contributed by atoms with E-state index in [-0.39, 0.29) is 6.04 Å². The number of hydrogen-bond donors (Lipinski definition) is 2. The molecule has 2 rings (SSSR count). The minimum Gasteiger partial charge on any atom is -0.328 e. The lowest BCUT2D eigenvalue weighted by Gasteiger charge is -2.23. The van der Waals surface area contributed by atoms with Gasteiger partial charge in [0.05, 0.1) is 11.0 Å². The lowest BCUT2D eigenvalue weighted by Crippen LogP contribution is -2.42. The third kappa shape index (κ3) is 3.63. The van der Waals surface area contributed by atoms with Gasteiger partial charge < -0.3 is 4.57 Å². The van der Waals surface area contributed by atoms with Crippen LogP contribution in [-0.4, -0.2) is 15.6 Å². The molecule has 0 saturated heterocycles. The van der Waals surface area contributed by atoms with Crippen LogP contribution in [0.5, 0.6) is 0 Å². The number of rotatable bonds is 8. The molecule has 0 aliphatic heterocycles. The molecule has 0 bridgehead atoms. The van der Waals surface area contributed by atoms with Crippen molar-refractivity contribution in [2.45, 2.75) is 59.0 Å². The highest BCUT2D eigenvalue weighted by atomic mass is 15.2. The van der Waals surface area contributed by atoms with Crippen LogP contribution < -0.4 is 11.3 Å². The third-order valence-corrected chi connectivity index (χ3v) is 4.23. The van der Waals surface area contributed by atoms with Gasteiger partial charge in [-0.15, -0.1) is 0 Å². The Balaban J connectivity index is 2.29. The number of imidazole rings is 1. The zero-order chi connectivity index (χ0) is 15.2. The Bertz CT molecular complexity index is 561. The van der Waals surface area contributed by atoms with Crippen molar-refractivity contribution in [2.24, 2.45) is 11.8 Å². The number of benzene rings is 1. The molecule has 116 valence electrons. The second-order valence-corrected chi connectivity index (χ2v) is 5.91. The lowest BCUT2D eigenvalue weighted by atomic mass is 9.94. The van der Waals surface area contributed by atoms with Crippen LogP contribution >= 0.6 is 0 Å². The zero-order valence-electron chi connectivity index (χ0n) is 13.5. The summed E-state index contributed by atoms with van der Waals surface area (Å²) >= 11 is 0. The molecule has 4 heteroatoms. The Kier molecular flexibility index (Phi) is 5.76. The summed E-state index contributed by atoms with van der Waals surface area (Å²) in [4.78, 5) is 4.83. The number of aromatic nitrogens is 2. The Morgan fingerprint density at radius 2 is 2.00 bits per heavy atom. The molecule has 2 atom stereocenters. The van der Waals surface area contributed by atoms with Crippen LogP contribution in [0.1, 0.15) is 45.9 Å². The SMILES string of the molecule is CCCC(C)C(Cc1nc2ccccc2n1CCC)NN. The van der Waals surface area contributed by atoms with Crippen LogP contribution in [-0.2, 0) is 13.0 Å². The molecular formula is C17H28N4. The summed E-state index contributed by atoms with van der Waals surface area (Å²) in [5, 5.41) is 0. The van der Waals surface area contributed by atoms with E-state index >= 15 is 0 Å². The van der Waals surface area contributed by atoms with Crippen molar-refractivity contribution in [3.8, 4) is 0 Å². The summed E-state index contributed by atoms with van der Waals surface area (Å²) in [6.07, 6.45) is 4.36. The average molecular weight is 288 g/mol. The third-order valence-electron chi connectivity index (χ3n) is 4.23. The minimum atomic E-state index is 0.275. The topological polar surface area (TPSA) is 55.9 Å². The van der Waals surface area contributed by atoms with E-state index < -0.39 is 0 Å². The van der Waals surface area contributed by atoms with Crippen molar-refractivity contribution in [2.75, 3.05) is 0 Å². The molecule has 0 amide bonds. The molecule has 0 radical (unpaired) electrons. The fourth-order valence-electron chi connectivity index (χ4n) is 3.03. The van der Waals surface area contributed by atoms with Gasteiger partial charge in [0.15, 0.2) is 0 Å². The van der Waals surface area contributed by atoms with Crippen LogP contribution in [0.25, 0.3) is 11.0 Å². The van der Waals surface area contributed by atoms with Crippen LogP contribution in [0.3, 0.4) is 0 Å². The van der Waals surface area contributed by atoms with Crippen LogP contribution in [0.15, 0.2) is 24.3 Å². The summed E-state index contributed by atoms with van der Waals surface area (Å²) in [6.45, 7) is 7.70. The highest BCUT2D eigenvalue weighted by Crippen LogP contribution is 2.20. The van der Waals surface area contributed by atoms with Crippen molar-refractivity contribution in [3.05, 3.63) is 30.1 Å². The molecule has 0 aliphatic carbocycles.